The maximum atomic E-state index is 5.06. The van der Waals surface area contributed by atoms with Crippen molar-refractivity contribution in [3.63, 3.8) is 0 Å². The number of fused-ring (bicyclic) bond motifs is 5. The van der Waals surface area contributed by atoms with Crippen molar-refractivity contribution in [2.24, 2.45) is 0 Å². The highest BCUT2D eigenvalue weighted by atomic mass is 127. The smallest absolute Gasteiger partial charge is 0.104 e. The van der Waals surface area contributed by atoms with Crippen molar-refractivity contribution < 1.29 is 0 Å². The van der Waals surface area contributed by atoms with E-state index in [9.17, 15) is 0 Å². The number of aromatic nitrogens is 5. The highest BCUT2D eigenvalue weighted by Crippen LogP contribution is 2.39. The Kier molecular flexibility index (Phi) is 3.16. The molecule has 0 atom stereocenters. The van der Waals surface area contributed by atoms with Crippen LogP contribution < -0.4 is 0 Å². The van der Waals surface area contributed by atoms with Gasteiger partial charge in [-0.2, -0.15) is 10.2 Å². The molecule has 0 aliphatic heterocycles. The van der Waals surface area contributed by atoms with Gasteiger partial charge in [-0.1, -0.05) is 0 Å². The van der Waals surface area contributed by atoms with Crippen LogP contribution in [0.5, 0.6) is 0 Å². The first-order valence-corrected chi connectivity index (χ1v) is 9.30. The number of benzene rings is 1. The van der Waals surface area contributed by atoms with E-state index in [-0.39, 0.29) is 0 Å². The third-order valence-corrected chi connectivity index (χ3v) is 5.81. The Morgan fingerprint density at radius 3 is 2.58 bits per heavy atom. The Bertz CT molecular complexity index is 1090. The molecule has 0 unspecified atom stereocenters. The van der Waals surface area contributed by atoms with Crippen molar-refractivity contribution >= 4 is 44.4 Å². The number of pyridine rings is 1. The number of H-pyrrole nitrogens is 2. The van der Waals surface area contributed by atoms with Crippen molar-refractivity contribution in [3.8, 4) is 11.3 Å². The molecule has 24 heavy (non-hydrogen) atoms. The van der Waals surface area contributed by atoms with Crippen molar-refractivity contribution in [2.45, 2.75) is 32.6 Å². The zero-order valence-corrected chi connectivity index (χ0v) is 15.4. The van der Waals surface area contributed by atoms with Gasteiger partial charge in [0.05, 0.1) is 22.9 Å². The van der Waals surface area contributed by atoms with E-state index in [0.29, 0.717) is 0 Å². The Balaban J connectivity index is 1.96. The molecule has 0 spiro atoms. The van der Waals surface area contributed by atoms with Crippen LogP contribution in [0.3, 0.4) is 0 Å². The van der Waals surface area contributed by atoms with Crippen LogP contribution in [0.25, 0.3) is 33.1 Å². The van der Waals surface area contributed by atoms with E-state index in [2.05, 4.69) is 62.0 Å². The summed E-state index contributed by atoms with van der Waals surface area (Å²) < 4.78 is 1.09. The van der Waals surface area contributed by atoms with E-state index in [4.69, 9.17) is 4.98 Å². The topological polar surface area (TPSA) is 70.2 Å². The summed E-state index contributed by atoms with van der Waals surface area (Å²) in [6.45, 7) is 2.06. The van der Waals surface area contributed by atoms with Gasteiger partial charge in [0.15, 0.2) is 0 Å². The number of halogens is 1. The standard InChI is InChI=1S/C18H16IN5/c1-9-12(8-20-22-9)17-11-5-3-2-4-10(11)15-13(21-17)6-7-14-16(15)18(19)24-23-14/h6-8H,2-5H2,1H3,(H,20,22)(H,23,24). The number of nitrogens with one attached hydrogen (secondary N) is 2. The highest BCUT2D eigenvalue weighted by Gasteiger charge is 2.23. The third-order valence-electron chi connectivity index (χ3n) is 5.03. The van der Waals surface area contributed by atoms with Crippen molar-refractivity contribution in [1.29, 1.82) is 0 Å². The Morgan fingerprint density at radius 2 is 1.79 bits per heavy atom. The lowest BCUT2D eigenvalue weighted by Gasteiger charge is -2.21. The number of aryl methyl sites for hydroxylation is 2. The molecule has 3 heterocycles. The molecule has 1 aliphatic rings. The normalized spacial score (nSPS) is 14.4. The van der Waals surface area contributed by atoms with E-state index in [1.807, 2.05) is 6.20 Å². The fourth-order valence-electron chi connectivity index (χ4n) is 3.90. The maximum absolute atomic E-state index is 5.06. The van der Waals surface area contributed by atoms with Crippen LogP contribution in [-0.4, -0.2) is 25.4 Å². The number of nitrogens with zero attached hydrogens (tertiary/aromatic N) is 3. The minimum absolute atomic E-state index is 1.02. The van der Waals surface area contributed by atoms with Gasteiger partial charge in [-0.25, -0.2) is 4.98 Å². The van der Waals surface area contributed by atoms with E-state index < -0.39 is 0 Å². The molecule has 0 saturated heterocycles. The van der Waals surface area contributed by atoms with Crippen molar-refractivity contribution in [3.05, 3.63) is 38.9 Å². The molecule has 0 fully saturated rings. The van der Waals surface area contributed by atoms with Crippen LogP contribution in [0, 0.1) is 10.6 Å². The summed E-state index contributed by atoms with van der Waals surface area (Å²) in [4.78, 5) is 5.06. The molecule has 1 aliphatic carbocycles. The summed E-state index contributed by atoms with van der Waals surface area (Å²) in [7, 11) is 0. The van der Waals surface area contributed by atoms with E-state index in [1.165, 1.54) is 34.7 Å². The van der Waals surface area contributed by atoms with E-state index in [0.717, 1.165) is 44.5 Å². The second-order valence-electron chi connectivity index (χ2n) is 6.42. The highest BCUT2D eigenvalue weighted by molar-refractivity contribution is 14.1. The quantitative estimate of drug-likeness (QED) is 0.444. The molecule has 4 aromatic rings. The van der Waals surface area contributed by atoms with Gasteiger partial charge in [0.1, 0.15) is 3.70 Å². The average molecular weight is 429 g/mol. The van der Waals surface area contributed by atoms with Gasteiger partial charge in [-0.05, 0) is 78.5 Å². The lowest BCUT2D eigenvalue weighted by Crippen LogP contribution is -2.08. The van der Waals surface area contributed by atoms with Crippen LogP contribution >= 0.6 is 22.6 Å². The Morgan fingerprint density at radius 1 is 1.00 bits per heavy atom. The molecule has 3 aromatic heterocycles. The van der Waals surface area contributed by atoms with E-state index >= 15 is 0 Å². The molecule has 0 amide bonds. The number of hydrogen-bond acceptors (Lipinski definition) is 3. The first kappa shape index (κ1) is 14.4. The second-order valence-corrected chi connectivity index (χ2v) is 7.50. The lowest BCUT2D eigenvalue weighted by atomic mass is 9.85. The fourth-order valence-corrected chi connectivity index (χ4v) is 4.57. The largest absolute Gasteiger partial charge is 0.282 e. The van der Waals surface area contributed by atoms with Gasteiger partial charge in [-0.15, -0.1) is 0 Å². The average Bonchev–Trinajstić information content (AvgIpc) is 3.20. The number of hydrogen-bond donors (Lipinski definition) is 2. The zero-order chi connectivity index (χ0) is 16.3. The Labute approximate surface area is 152 Å². The lowest BCUT2D eigenvalue weighted by molar-refractivity contribution is 0.689. The van der Waals surface area contributed by atoms with Gasteiger partial charge in [0.25, 0.3) is 0 Å². The molecule has 5 nitrogen and oxygen atoms in total. The first-order valence-electron chi connectivity index (χ1n) is 8.22. The fraction of sp³-hybridized carbons (Fsp3) is 0.278. The molecular formula is C18H16IN5. The molecule has 6 heteroatoms. The van der Waals surface area contributed by atoms with Crippen LogP contribution in [-0.2, 0) is 12.8 Å². The molecule has 5 rings (SSSR count). The predicted molar refractivity (Wildman–Crippen MR) is 103 cm³/mol. The van der Waals surface area contributed by atoms with Gasteiger partial charge in [-0.3, -0.25) is 10.2 Å². The summed E-state index contributed by atoms with van der Waals surface area (Å²) in [6, 6.07) is 4.16. The molecule has 120 valence electrons. The summed E-state index contributed by atoms with van der Waals surface area (Å²) in [6.07, 6.45) is 6.56. The molecule has 0 bridgehead atoms. The molecule has 0 saturated carbocycles. The monoisotopic (exact) mass is 429 g/mol. The van der Waals surface area contributed by atoms with Gasteiger partial charge in [0.2, 0.25) is 0 Å². The molecule has 0 radical (unpaired) electrons. The van der Waals surface area contributed by atoms with Crippen molar-refractivity contribution in [2.75, 3.05) is 0 Å². The van der Waals surface area contributed by atoms with Crippen LogP contribution in [0.4, 0.5) is 0 Å². The van der Waals surface area contributed by atoms with Gasteiger partial charge < -0.3 is 0 Å². The summed E-state index contributed by atoms with van der Waals surface area (Å²) in [5.41, 5.74) is 8.22. The minimum Gasteiger partial charge on any atom is -0.282 e. The minimum atomic E-state index is 1.02. The molecule has 1 aromatic carbocycles. The van der Waals surface area contributed by atoms with Gasteiger partial charge in [0, 0.05) is 22.0 Å². The summed E-state index contributed by atoms with van der Waals surface area (Å²) in [5.74, 6) is 0. The van der Waals surface area contributed by atoms with Crippen LogP contribution in [0.15, 0.2) is 18.3 Å². The predicted octanol–water partition coefficient (Wildman–Crippen LogP) is 4.29. The maximum Gasteiger partial charge on any atom is 0.104 e. The van der Waals surface area contributed by atoms with Crippen molar-refractivity contribution in [1.82, 2.24) is 25.4 Å². The number of rotatable bonds is 1. The summed E-state index contributed by atoms with van der Waals surface area (Å²) >= 11 is 2.34. The summed E-state index contributed by atoms with van der Waals surface area (Å²) in [5, 5.41) is 17.3. The second kappa shape index (κ2) is 5.27. The molecule has 2 N–H and O–H groups in total. The van der Waals surface area contributed by atoms with Crippen LogP contribution in [0.1, 0.15) is 29.7 Å². The zero-order valence-electron chi connectivity index (χ0n) is 13.3. The third kappa shape index (κ3) is 1.95. The van der Waals surface area contributed by atoms with Crippen LogP contribution in [0.2, 0.25) is 0 Å². The first-order chi connectivity index (χ1) is 11.7. The van der Waals surface area contributed by atoms with Gasteiger partial charge >= 0.3 is 0 Å². The van der Waals surface area contributed by atoms with E-state index in [1.54, 1.807) is 0 Å². The molecular weight excluding hydrogens is 413 g/mol. The number of aromatic amines is 2. The SMILES string of the molecule is Cc1[nH]ncc1-c1nc2ccc3n[nH]c(I)c3c2c2c1CCCC2. The Hall–Kier alpha value is -1.96.